The van der Waals surface area contributed by atoms with Gasteiger partial charge in [-0.25, -0.2) is 19.2 Å². The van der Waals surface area contributed by atoms with Crippen LogP contribution in [0.4, 0.5) is 5.82 Å². The first-order valence-electron chi connectivity index (χ1n) is 11.5. The molecule has 1 fully saturated rings. The molecule has 0 radical (unpaired) electrons. The van der Waals surface area contributed by atoms with E-state index in [4.69, 9.17) is 24.3 Å². The molecule has 36 heavy (non-hydrogen) atoms. The van der Waals surface area contributed by atoms with Crippen molar-refractivity contribution in [1.82, 2.24) is 14.6 Å². The van der Waals surface area contributed by atoms with E-state index in [9.17, 15) is 23.7 Å². The zero-order valence-electron chi connectivity index (χ0n) is 20.7. The van der Waals surface area contributed by atoms with Crippen molar-refractivity contribution in [2.45, 2.75) is 57.2 Å². The van der Waals surface area contributed by atoms with Gasteiger partial charge in [-0.2, -0.15) is 4.98 Å². The molecule has 4 atom stereocenters. The van der Waals surface area contributed by atoms with Crippen LogP contribution in [0, 0.1) is 5.92 Å². The first-order valence-corrected chi connectivity index (χ1v) is 14.0. The summed E-state index contributed by atoms with van der Waals surface area (Å²) in [6.07, 6.45) is 1.67. The maximum atomic E-state index is 13.6. The van der Waals surface area contributed by atoms with Crippen molar-refractivity contribution >= 4 is 43.0 Å². The lowest BCUT2D eigenvalue weighted by Gasteiger charge is -2.25. The van der Waals surface area contributed by atoms with Crippen LogP contribution >= 0.6 is 19.5 Å². The molecule has 0 spiro atoms. The normalized spacial score (nSPS) is 20.2. The molecule has 0 saturated carbocycles. The second-order valence-corrected chi connectivity index (χ2v) is 11.4. The number of Topliss-reactive ketones (excluding diaryl/α,β-unsaturated/α-hetero) is 1. The van der Waals surface area contributed by atoms with E-state index < -0.39 is 48.6 Å². The lowest BCUT2D eigenvalue weighted by atomic mass is 10.1. The van der Waals surface area contributed by atoms with Crippen LogP contribution in [0.15, 0.2) is 17.1 Å². The topological polar surface area (TPSA) is 178 Å². The van der Waals surface area contributed by atoms with Crippen LogP contribution in [0.3, 0.4) is 0 Å². The highest BCUT2D eigenvalue weighted by Gasteiger charge is 2.39. The highest BCUT2D eigenvalue weighted by molar-refractivity contribution is 8.01. The molecule has 1 aromatic heterocycles. The van der Waals surface area contributed by atoms with E-state index >= 15 is 0 Å². The van der Waals surface area contributed by atoms with Crippen LogP contribution < -0.4 is 16.5 Å². The van der Waals surface area contributed by atoms with Gasteiger partial charge in [0, 0.05) is 17.9 Å². The Balaban J connectivity index is 2.15. The number of rotatable bonds is 14. The largest absolute Gasteiger partial charge is 0.465 e. The minimum absolute atomic E-state index is 0.0251. The number of carbonyl (C=O) groups is 3. The summed E-state index contributed by atoms with van der Waals surface area (Å²) in [5.74, 6) is -1.59. The van der Waals surface area contributed by atoms with Crippen molar-refractivity contribution < 1.29 is 37.5 Å². The average molecular weight is 549 g/mol. The molecule has 3 N–H and O–H groups in total. The maximum Gasteiger partial charge on any atom is 0.406 e. The number of anilines is 1. The fraction of sp³-hybridized carbons (Fsp3) is 0.667. The molecule has 1 aliphatic rings. The number of hydrogen-bond donors (Lipinski definition) is 2. The molecule has 1 aliphatic heterocycles. The van der Waals surface area contributed by atoms with E-state index in [1.54, 1.807) is 13.8 Å². The van der Waals surface area contributed by atoms with Crippen molar-refractivity contribution in [3.8, 4) is 0 Å². The summed E-state index contributed by atoms with van der Waals surface area (Å²) >= 11 is 1.13. The van der Waals surface area contributed by atoms with Gasteiger partial charge in [0.2, 0.25) is 0 Å². The minimum atomic E-state index is -4.24. The molecule has 13 nitrogen and oxygen atoms in total. The lowest BCUT2D eigenvalue weighted by Crippen LogP contribution is -2.38. The van der Waals surface area contributed by atoms with Gasteiger partial charge in [0.15, 0.2) is 12.4 Å². The molecule has 15 heteroatoms. The maximum absolute atomic E-state index is 13.6. The molecular weight excluding hydrogens is 515 g/mol. The fourth-order valence-electron chi connectivity index (χ4n) is 3.29. The first-order chi connectivity index (χ1) is 17.0. The van der Waals surface area contributed by atoms with Gasteiger partial charge in [0.05, 0.1) is 19.8 Å². The Morgan fingerprint density at radius 1 is 1.25 bits per heavy atom. The number of thioether (sulfide) groups is 1. The molecule has 1 aromatic rings. The molecule has 0 aromatic carbocycles. The third-order valence-electron chi connectivity index (χ3n) is 4.81. The Morgan fingerprint density at radius 3 is 2.56 bits per heavy atom. The van der Waals surface area contributed by atoms with Crippen LogP contribution in [0.1, 0.15) is 45.9 Å². The Kier molecular flexibility index (Phi) is 11.6. The van der Waals surface area contributed by atoms with Crippen molar-refractivity contribution in [3.63, 3.8) is 0 Å². The number of nitrogen functional groups attached to an aromatic ring is 1. The standard InChI is InChI=1S/C21H33N4O9PS/c1-5-31-18(27)12-34-35(30,24-15(9-13(3)4)20(28)32-6-2)33-11-14-10-16(26)19(36-14)25-8-7-17(22)23-21(25)29/h7-8,13-15,19H,5-6,9-12H2,1-4H3,(H,24,30)(H2,22,23,29)/t14-,15-,19+,35?/m0/s1. The number of nitrogens with two attached hydrogens (primary N) is 1. The van der Waals surface area contributed by atoms with Crippen LogP contribution in [-0.2, 0) is 37.5 Å². The monoisotopic (exact) mass is 548 g/mol. The van der Waals surface area contributed by atoms with Gasteiger partial charge in [0.25, 0.3) is 0 Å². The zero-order valence-corrected chi connectivity index (χ0v) is 22.4. The van der Waals surface area contributed by atoms with Crippen molar-refractivity contribution in [3.05, 3.63) is 22.7 Å². The van der Waals surface area contributed by atoms with Crippen LogP contribution in [0.5, 0.6) is 0 Å². The third kappa shape index (κ3) is 9.00. The summed E-state index contributed by atoms with van der Waals surface area (Å²) in [5, 5.41) is 1.26. The minimum Gasteiger partial charge on any atom is -0.465 e. The number of nitrogens with one attached hydrogen (secondary N) is 1. The van der Waals surface area contributed by atoms with Gasteiger partial charge in [-0.1, -0.05) is 13.8 Å². The fourth-order valence-corrected chi connectivity index (χ4v) is 6.17. The van der Waals surface area contributed by atoms with Gasteiger partial charge in [-0.3, -0.25) is 23.2 Å². The number of nitrogens with zero attached hydrogens (tertiary/aromatic N) is 2. The summed E-state index contributed by atoms with van der Waals surface area (Å²) in [7, 11) is -4.24. The number of ketones is 1. The molecule has 2 heterocycles. The molecule has 2 rings (SSSR count). The smallest absolute Gasteiger partial charge is 0.406 e. The molecular formula is C21H33N4O9PS. The molecule has 202 valence electrons. The van der Waals surface area contributed by atoms with Crippen molar-refractivity contribution in [2.75, 3.05) is 32.2 Å². The SMILES string of the molecule is CCOC(=O)COP(=O)(N[C@@H](CC(C)C)C(=O)OCC)OC[C@@H]1CC(=O)[C@H](n2ccc(N)nc2=O)S1. The molecule has 0 bridgehead atoms. The molecule has 1 unspecified atom stereocenters. The lowest BCUT2D eigenvalue weighted by molar-refractivity contribution is -0.145. The third-order valence-corrected chi connectivity index (χ3v) is 7.83. The van der Waals surface area contributed by atoms with Gasteiger partial charge < -0.3 is 15.2 Å². The summed E-state index contributed by atoms with van der Waals surface area (Å²) in [6, 6.07) is 0.382. The number of ether oxygens (including phenoxy) is 2. The van der Waals surface area contributed by atoms with E-state index in [0.717, 1.165) is 16.3 Å². The second kappa shape index (κ2) is 13.9. The number of aromatic nitrogens is 2. The van der Waals surface area contributed by atoms with Gasteiger partial charge in [0.1, 0.15) is 17.2 Å². The number of esters is 2. The Morgan fingerprint density at radius 2 is 1.94 bits per heavy atom. The first kappa shape index (κ1) is 30.0. The predicted octanol–water partition coefficient (Wildman–Crippen LogP) is 1.67. The zero-order chi connectivity index (χ0) is 26.9. The summed E-state index contributed by atoms with van der Waals surface area (Å²) in [6.45, 7) is 6.30. The highest BCUT2D eigenvalue weighted by atomic mass is 32.2. The predicted molar refractivity (Wildman–Crippen MR) is 132 cm³/mol. The van der Waals surface area contributed by atoms with Crippen molar-refractivity contribution in [2.24, 2.45) is 5.92 Å². The van der Waals surface area contributed by atoms with E-state index in [2.05, 4.69) is 10.1 Å². The summed E-state index contributed by atoms with van der Waals surface area (Å²) in [5.41, 5.74) is 4.84. The highest BCUT2D eigenvalue weighted by Crippen LogP contribution is 2.47. The van der Waals surface area contributed by atoms with Crippen molar-refractivity contribution in [1.29, 1.82) is 0 Å². The molecule has 0 amide bonds. The Bertz CT molecular complexity index is 1030. The quantitative estimate of drug-likeness (QED) is 0.254. The van der Waals surface area contributed by atoms with Gasteiger partial charge >= 0.3 is 25.4 Å². The Labute approximate surface area is 213 Å². The molecule has 1 saturated heterocycles. The van der Waals surface area contributed by atoms with Crippen LogP contribution in [0.2, 0.25) is 0 Å². The van der Waals surface area contributed by atoms with Crippen LogP contribution in [0.25, 0.3) is 0 Å². The van der Waals surface area contributed by atoms with E-state index in [1.807, 2.05) is 13.8 Å². The van der Waals surface area contributed by atoms with Gasteiger partial charge in [-0.05, 0) is 32.3 Å². The number of carbonyl (C=O) groups excluding carboxylic acids is 3. The summed E-state index contributed by atoms with van der Waals surface area (Å²) in [4.78, 5) is 52.6. The van der Waals surface area contributed by atoms with E-state index in [0.29, 0.717) is 0 Å². The van der Waals surface area contributed by atoms with E-state index in [1.165, 1.54) is 12.3 Å². The Hall–Kier alpha value is -2.25. The van der Waals surface area contributed by atoms with E-state index in [-0.39, 0.29) is 50.2 Å². The summed E-state index contributed by atoms with van der Waals surface area (Å²) < 4.78 is 35.5. The second-order valence-electron chi connectivity index (χ2n) is 8.26. The number of hydrogen-bond acceptors (Lipinski definition) is 12. The van der Waals surface area contributed by atoms with Gasteiger partial charge in [-0.15, -0.1) is 11.8 Å². The average Bonchev–Trinajstić information content (AvgIpc) is 3.16. The van der Waals surface area contributed by atoms with Crippen LogP contribution in [-0.4, -0.2) is 65.0 Å². The molecule has 0 aliphatic carbocycles.